The molecule has 2 amide bonds. The molecule has 1 N–H and O–H groups in total. The number of hydrogen-bond acceptors (Lipinski definition) is 2. The topological polar surface area (TPSA) is 49.4 Å². The average molecular weight is 381 g/mol. The quantitative estimate of drug-likeness (QED) is 0.750. The highest BCUT2D eigenvalue weighted by Gasteiger charge is 2.26. The van der Waals surface area contributed by atoms with Gasteiger partial charge in [-0.2, -0.15) is 0 Å². The maximum atomic E-state index is 13.2. The van der Waals surface area contributed by atoms with Gasteiger partial charge >= 0.3 is 0 Å². The van der Waals surface area contributed by atoms with Crippen LogP contribution in [-0.4, -0.2) is 29.3 Å². The minimum absolute atomic E-state index is 0.0373. The van der Waals surface area contributed by atoms with E-state index in [0.29, 0.717) is 19.5 Å². The van der Waals surface area contributed by atoms with Gasteiger partial charge in [0.05, 0.1) is 6.42 Å². The van der Waals surface area contributed by atoms with Crippen molar-refractivity contribution in [3.05, 3.63) is 70.3 Å². The van der Waals surface area contributed by atoms with Crippen molar-refractivity contribution in [1.82, 2.24) is 10.2 Å². The van der Waals surface area contributed by atoms with Crippen LogP contribution in [0.1, 0.15) is 48.1 Å². The zero-order valence-electron chi connectivity index (χ0n) is 17.7. The number of rotatable bonds is 8. The van der Waals surface area contributed by atoms with E-state index in [2.05, 4.69) is 11.4 Å². The van der Waals surface area contributed by atoms with E-state index < -0.39 is 6.04 Å². The van der Waals surface area contributed by atoms with Crippen molar-refractivity contribution in [2.45, 2.75) is 60.0 Å². The van der Waals surface area contributed by atoms with Gasteiger partial charge in [0.25, 0.3) is 0 Å². The molecule has 2 rings (SSSR count). The van der Waals surface area contributed by atoms with Crippen LogP contribution in [0.3, 0.4) is 0 Å². The smallest absolute Gasteiger partial charge is 0.242 e. The van der Waals surface area contributed by atoms with Gasteiger partial charge in [-0.1, -0.05) is 66.1 Å². The van der Waals surface area contributed by atoms with Gasteiger partial charge in [-0.3, -0.25) is 9.59 Å². The van der Waals surface area contributed by atoms with Crippen LogP contribution < -0.4 is 5.32 Å². The normalized spacial score (nSPS) is 11.8. The van der Waals surface area contributed by atoms with Crippen LogP contribution in [0.2, 0.25) is 0 Å². The van der Waals surface area contributed by atoms with Crippen LogP contribution in [0.4, 0.5) is 0 Å². The molecular weight excluding hydrogens is 348 g/mol. The number of hydrogen-bond donors (Lipinski definition) is 1. The molecule has 0 aliphatic heterocycles. The van der Waals surface area contributed by atoms with Gasteiger partial charge in [0.2, 0.25) is 11.8 Å². The molecule has 0 aliphatic rings. The van der Waals surface area contributed by atoms with Gasteiger partial charge in [-0.15, -0.1) is 0 Å². The Kier molecular flexibility index (Phi) is 7.80. The Bertz CT molecular complexity index is 792. The Morgan fingerprint density at radius 3 is 2.11 bits per heavy atom. The predicted molar refractivity (Wildman–Crippen MR) is 114 cm³/mol. The molecule has 4 heteroatoms. The van der Waals surface area contributed by atoms with Crippen LogP contribution in [0.5, 0.6) is 0 Å². The van der Waals surface area contributed by atoms with Crippen molar-refractivity contribution in [2.75, 3.05) is 6.54 Å². The summed E-state index contributed by atoms with van der Waals surface area (Å²) in [5.41, 5.74) is 5.46. The molecule has 150 valence electrons. The summed E-state index contributed by atoms with van der Waals surface area (Å²) in [5, 5.41) is 2.91. The Labute approximate surface area is 169 Å². The summed E-state index contributed by atoms with van der Waals surface area (Å²) in [7, 11) is 0. The summed E-state index contributed by atoms with van der Waals surface area (Å²) in [4.78, 5) is 27.4. The first kappa shape index (κ1) is 21.7. The molecule has 2 aromatic carbocycles. The molecule has 0 aliphatic carbocycles. The zero-order valence-corrected chi connectivity index (χ0v) is 17.7. The molecule has 0 saturated carbocycles. The standard InChI is InChI=1S/C24H32N2O2/c1-6-11-25-24(28)20(5)26(16-21-9-7-17(2)8-10-21)23(27)15-22-13-18(3)12-19(4)14-22/h7-10,12-14,20H,6,11,15-16H2,1-5H3,(H,25,28)/t20-/m1/s1. The highest BCUT2D eigenvalue weighted by Crippen LogP contribution is 2.15. The van der Waals surface area contributed by atoms with E-state index in [-0.39, 0.29) is 11.8 Å². The molecule has 4 nitrogen and oxygen atoms in total. The third-order valence-corrected chi connectivity index (χ3v) is 4.83. The van der Waals surface area contributed by atoms with Gasteiger partial charge in [0, 0.05) is 13.1 Å². The Morgan fingerprint density at radius 1 is 0.929 bits per heavy atom. The molecule has 0 aromatic heterocycles. The number of carbonyl (C=O) groups is 2. The maximum Gasteiger partial charge on any atom is 0.242 e. The van der Waals surface area contributed by atoms with E-state index in [1.807, 2.05) is 64.1 Å². The van der Waals surface area contributed by atoms with E-state index in [1.165, 1.54) is 5.56 Å². The van der Waals surface area contributed by atoms with Crippen molar-refractivity contribution in [2.24, 2.45) is 0 Å². The van der Waals surface area contributed by atoms with E-state index >= 15 is 0 Å². The highest BCUT2D eigenvalue weighted by molar-refractivity contribution is 5.88. The molecule has 0 saturated heterocycles. The van der Waals surface area contributed by atoms with Crippen LogP contribution in [0, 0.1) is 20.8 Å². The molecule has 0 bridgehead atoms. The molecule has 0 radical (unpaired) electrons. The average Bonchev–Trinajstić information content (AvgIpc) is 2.64. The van der Waals surface area contributed by atoms with Crippen molar-refractivity contribution >= 4 is 11.8 Å². The fourth-order valence-electron chi connectivity index (χ4n) is 3.32. The van der Waals surface area contributed by atoms with Crippen LogP contribution >= 0.6 is 0 Å². The first-order chi connectivity index (χ1) is 13.3. The first-order valence-corrected chi connectivity index (χ1v) is 10.00. The maximum absolute atomic E-state index is 13.2. The summed E-state index contributed by atoms with van der Waals surface area (Å²) >= 11 is 0. The second-order valence-corrected chi connectivity index (χ2v) is 7.65. The number of amides is 2. The molecule has 0 unspecified atom stereocenters. The summed E-state index contributed by atoms with van der Waals surface area (Å²) in [6, 6.07) is 13.7. The lowest BCUT2D eigenvalue weighted by molar-refractivity contribution is -0.140. The van der Waals surface area contributed by atoms with Gasteiger partial charge in [0.1, 0.15) is 6.04 Å². The summed E-state index contributed by atoms with van der Waals surface area (Å²) < 4.78 is 0. The van der Waals surface area contributed by atoms with Crippen molar-refractivity contribution in [1.29, 1.82) is 0 Å². The zero-order chi connectivity index (χ0) is 20.7. The largest absolute Gasteiger partial charge is 0.354 e. The second-order valence-electron chi connectivity index (χ2n) is 7.65. The van der Waals surface area contributed by atoms with Crippen LogP contribution in [0.15, 0.2) is 42.5 Å². The van der Waals surface area contributed by atoms with Crippen molar-refractivity contribution < 1.29 is 9.59 Å². The van der Waals surface area contributed by atoms with Crippen LogP contribution in [-0.2, 0) is 22.6 Å². The van der Waals surface area contributed by atoms with Crippen molar-refractivity contribution in [3.63, 3.8) is 0 Å². The first-order valence-electron chi connectivity index (χ1n) is 10.00. The summed E-state index contributed by atoms with van der Waals surface area (Å²) in [6.07, 6.45) is 1.16. The summed E-state index contributed by atoms with van der Waals surface area (Å²) in [6.45, 7) is 11.0. The highest BCUT2D eigenvalue weighted by atomic mass is 16.2. The van der Waals surface area contributed by atoms with E-state index in [9.17, 15) is 9.59 Å². The van der Waals surface area contributed by atoms with Crippen molar-refractivity contribution in [3.8, 4) is 0 Å². The Hall–Kier alpha value is -2.62. The fraction of sp³-hybridized carbons (Fsp3) is 0.417. The minimum Gasteiger partial charge on any atom is -0.354 e. The molecular formula is C24H32N2O2. The molecule has 0 heterocycles. The van der Waals surface area contributed by atoms with Gasteiger partial charge < -0.3 is 10.2 Å². The minimum atomic E-state index is -0.522. The molecule has 0 fully saturated rings. The number of aryl methyl sites for hydroxylation is 3. The fourth-order valence-corrected chi connectivity index (χ4v) is 3.32. The Morgan fingerprint density at radius 2 is 1.54 bits per heavy atom. The van der Waals surface area contributed by atoms with Crippen LogP contribution in [0.25, 0.3) is 0 Å². The number of carbonyl (C=O) groups excluding carboxylic acids is 2. The lowest BCUT2D eigenvalue weighted by Crippen LogP contribution is -2.48. The Balaban J connectivity index is 2.23. The number of nitrogens with zero attached hydrogens (tertiary/aromatic N) is 1. The lowest BCUT2D eigenvalue weighted by atomic mass is 10.0. The van der Waals surface area contributed by atoms with Gasteiger partial charge in [-0.05, 0) is 45.2 Å². The third-order valence-electron chi connectivity index (χ3n) is 4.83. The summed E-state index contributed by atoms with van der Waals surface area (Å²) in [5.74, 6) is -0.146. The third kappa shape index (κ3) is 6.22. The van der Waals surface area contributed by atoms with Gasteiger partial charge in [0.15, 0.2) is 0 Å². The molecule has 0 spiro atoms. The van der Waals surface area contributed by atoms with E-state index in [0.717, 1.165) is 28.7 Å². The monoisotopic (exact) mass is 380 g/mol. The molecule has 1 atom stereocenters. The SMILES string of the molecule is CCCNC(=O)[C@@H](C)N(Cc1ccc(C)cc1)C(=O)Cc1cc(C)cc(C)c1. The van der Waals surface area contributed by atoms with E-state index in [1.54, 1.807) is 11.8 Å². The predicted octanol–water partition coefficient (Wildman–Crippen LogP) is 4.10. The second kappa shape index (κ2) is 10.1. The lowest BCUT2D eigenvalue weighted by Gasteiger charge is -2.29. The molecule has 28 heavy (non-hydrogen) atoms. The van der Waals surface area contributed by atoms with Gasteiger partial charge in [-0.25, -0.2) is 0 Å². The number of benzene rings is 2. The molecule has 2 aromatic rings. The van der Waals surface area contributed by atoms with E-state index in [4.69, 9.17) is 0 Å². The number of nitrogens with one attached hydrogen (secondary N) is 1.